The second kappa shape index (κ2) is 33.5. The van der Waals surface area contributed by atoms with E-state index in [0.29, 0.717) is 58.1 Å². The SMILES string of the molecule is CC.CCCCCCCCCCCCOC(=O)CCN(CCC(=O)OCCCCCCCCCCCC)Cc1ccc(Cn2c(CCCC)nc3c(N)nc4ccccc4c32)cc1. The molecule has 2 heterocycles. The Morgan fingerprint density at radius 3 is 1.56 bits per heavy atom. The molecule has 2 aromatic carbocycles. The number of nitrogens with zero attached hydrogens (tertiary/aromatic N) is 4. The van der Waals surface area contributed by atoms with Crippen molar-refractivity contribution in [3.8, 4) is 0 Å². The molecule has 0 aliphatic rings. The Morgan fingerprint density at radius 2 is 1.05 bits per heavy atom. The van der Waals surface area contributed by atoms with Crippen molar-refractivity contribution >= 4 is 39.7 Å². The molecular weight excluding hydrogens is 783 g/mol. The average Bonchev–Trinajstić information content (AvgIpc) is 3.67. The van der Waals surface area contributed by atoms with E-state index in [4.69, 9.17) is 20.2 Å². The molecule has 0 radical (unpaired) electrons. The van der Waals surface area contributed by atoms with Gasteiger partial charge in [-0.1, -0.05) is 199 Å². The molecule has 9 heteroatoms. The number of hydrogen-bond donors (Lipinski definition) is 1. The summed E-state index contributed by atoms with van der Waals surface area (Å²) < 4.78 is 13.6. The Bertz CT molecular complexity index is 1760. The van der Waals surface area contributed by atoms with Gasteiger partial charge in [0.1, 0.15) is 11.3 Å². The summed E-state index contributed by atoms with van der Waals surface area (Å²) in [6.07, 6.45) is 28.5. The quantitative estimate of drug-likeness (QED) is 0.0359. The van der Waals surface area contributed by atoms with Crippen LogP contribution in [-0.4, -0.2) is 57.7 Å². The van der Waals surface area contributed by atoms with Gasteiger partial charge in [-0.05, 0) is 36.5 Å². The van der Waals surface area contributed by atoms with Crippen molar-refractivity contribution in [3.05, 3.63) is 65.5 Å². The number of unbranched alkanes of at least 4 members (excludes halogenated alkanes) is 19. The molecule has 0 saturated heterocycles. The lowest BCUT2D eigenvalue weighted by molar-refractivity contribution is -0.144. The molecule has 0 aliphatic heterocycles. The third kappa shape index (κ3) is 21.0. The highest BCUT2D eigenvalue weighted by molar-refractivity contribution is 6.06. The van der Waals surface area contributed by atoms with E-state index in [2.05, 4.69) is 65.6 Å². The minimum Gasteiger partial charge on any atom is -0.466 e. The number of imidazole rings is 1. The zero-order valence-electron chi connectivity index (χ0n) is 40.5. The number of ether oxygens (including phenoxy) is 2. The Labute approximate surface area is 382 Å². The zero-order valence-corrected chi connectivity index (χ0v) is 40.5. The van der Waals surface area contributed by atoms with Crippen LogP contribution in [0, 0.1) is 0 Å². The number of fused-ring (bicyclic) bond motifs is 3. The Kier molecular flexibility index (Phi) is 28.4. The van der Waals surface area contributed by atoms with Crippen molar-refractivity contribution < 1.29 is 19.1 Å². The first kappa shape index (κ1) is 53.4. The lowest BCUT2D eigenvalue weighted by atomic mass is 10.1. The van der Waals surface area contributed by atoms with E-state index in [1.807, 2.05) is 32.0 Å². The molecule has 4 rings (SSSR count). The number of carbonyl (C=O) groups excluding carboxylic acids is 2. The summed E-state index contributed by atoms with van der Waals surface area (Å²) in [4.78, 5) is 37.6. The number of nitrogen functional groups attached to an aromatic ring is 1. The van der Waals surface area contributed by atoms with Crippen LogP contribution in [0.25, 0.3) is 21.9 Å². The molecule has 0 saturated carbocycles. The minimum absolute atomic E-state index is 0.172. The molecule has 0 aliphatic carbocycles. The van der Waals surface area contributed by atoms with E-state index in [9.17, 15) is 9.59 Å². The van der Waals surface area contributed by atoms with Gasteiger partial charge < -0.3 is 19.8 Å². The number of para-hydroxylation sites is 1. The average molecular weight is 870 g/mol. The summed E-state index contributed by atoms with van der Waals surface area (Å²) in [5.74, 6) is 1.15. The molecule has 0 spiro atoms. The monoisotopic (exact) mass is 870 g/mol. The van der Waals surface area contributed by atoms with Crippen LogP contribution in [0.15, 0.2) is 48.5 Å². The first-order valence-corrected chi connectivity index (χ1v) is 25.6. The number of esters is 2. The van der Waals surface area contributed by atoms with Gasteiger partial charge in [0.25, 0.3) is 0 Å². The summed E-state index contributed by atoms with van der Waals surface area (Å²) in [5, 5.41) is 1.05. The van der Waals surface area contributed by atoms with Crippen LogP contribution < -0.4 is 5.73 Å². The zero-order chi connectivity index (χ0) is 45.3. The van der Waals surface area contributed by atoms with Gasteiger partial charge in [-0.3, -0.25) is 14.5 Å². The highest BCUT2D eigenvalue weighted by Crippen LogP contribution is 2.30. The fraction of sp³-hybridized carbons (Fsp3) is 0.667. The molecule has 352 valence electrons. The summed E-state index contributed by atoms with van der Waals surface area (Å²) >= 11 is 0. The minimum atomic E-state index is -0.172. The maximum Gasteiger partial charge on any atom is 0.307 e. The molecule has 9 nitrogen and oxygen atoms in total. The number of aryl methyl sites for hydroxylation is 1. The number of nitrogens with two attached hydrogens (primary N) is 1. The largest absolute Gasteiger partial charge is 0.466 e. The van der Waals surface area contributed by atoms with E-state index >= 15 is 0 Å². The number of aromatic nitrogens is 3. The van der Waals surface area contributed by atoms with E-state index in [1.54, 1.807) is 0 Å². The van der Waals surface area contributed by atoms with Crippen LogP contribution in [0.3, 0.4) is 0 Å². The predicted octanol–water partition coefficient (Wildman–Crippen LogP) is 14.1. The molecule has 0 atom stereocenters. The first-order valence-electron chi connectivity index (χ1n) is 25.6. The van der Waals surface area contributed by atoms with Crippen molar-refractivity contribution in [2.24, 2.45) is 0 Å². The summed E-state index contributed by atoms with van der Waals surface area (Å²) in [7, 11) is 0. The number of hydrogen-bond acceptors (Lipinski definition) is 8. The third-order valence-electron chi connectivity index (χ3n) is 12.0. The van der Waals surface area contributed by atoms with Crippen molar-refractivity contribution in [2.75, 3.05) is 32.0 Å². The summed E-state index contributed by atoms with van der Waals surface area (Å²) in [6, 6.07) is 16.8. The molecule has 2 aromatic heterocycles. The van der Waals surface area contributed by atoms with Crippen LogP contribution in [0.5, 0.6) is 0 Å². The van der Waals surface area contributed by atoms with Gasteiger partial charge in [-0.15, -0.1) is 0 Å². The molecule has 0 bridgehead atoms. The standard InChI is InChI=1S/C52H81N5O4.C2H6/c1-4-7-10-12-14-16-18-20-22-26-39-60-48(58)35-37-56(38-36-49(59)61-40-27-23-21-19-17-15-13-11-8-5-2)41-43-31-33-44(34-32-43)42-57-47(30-9-6-3)55-50-51(57)45-28-24-25-29-46(45)54-52(50)53;1-2/h24-25,28-29,31-34H,4-23,26-27,30,35-42H2,1-3H3,(H2,53,54);1-2H3. The fourth-order valence-electron chi connectivity index (χ4n) is 8.26. The fourth-order valence-corrected chi connectivity index (χ4v) is 8.26. The van der Waals surface area contributed by atoms with Crippen LogP contribution >= 0.6 is 0 Å². The highest BCUT2D eigenvalue weighted by Gasteiger charge is 2.18. The van der Waals surface area contributed by atoms with Crippen LogP contribution in [-0.2, 0) is 38.6 Å². The van der Waals surface area contributed by atoms with E-state index in [0.717, 1.165) is 83.8 Å². The topological polar surface area (TPSA) is 113 Å². The normalized spacial score (nSPS) is 11.3. The van der Waals surface area contributed by atoms with E-state index < -0.39 is 0 Å². The molecule has 2 N–H and O–H groups in total. The Morgan fingerprint density at radius 1 is 0.587 bits per heavy atom. The van der Waals surface area contributed by atoms with Crippen LogP contribution in [0.4, 0.5) is 5.82 Å². The Hall–Kier alpha value is -3.98. The lowest BCUT2D eigenvalue weighted by Gasteiger charge is -2.22. The number of benzene rings is 2. The van der Waals surface area contributed by atoms with Crippen molar-refractivity contribution in [3.63, 3.8) is 0 Å². The highest BCUT2D eigenvalue weighted by atomic mass is 16.5. The Balaban J connectivity index is 0.00000520. The molecule has 4 aromatic rings. The second-order valence-corrected chi connectivity index (χ2v) is 17.3. The number of pyridine rings is 1. The second-order valence-electron chi connectivity index (χ2n) is 17.3. The summed E-state index contributed by atoms with van der Waals surface area (Å²) in [5.41, 5.74) is 11.4. The van der Waals surface area contributed by atoms with Gasteiger partial charge in [0.05, 0.1) is 37.1 Å². The maximum absolute atomic E-state index is 12.9. The van der Waals surface area contributed by atoms with Crippen LogP contribution in [0.1, 0.15) is 206 Å². The maximum atomic E-state index is 12.9. The predicted molar refractivity (Wildman–Crippen MR) is 265 cm³/mol. The number of rotatable bonds is 35. The molecular formula is C54H87N5O4. The van der Waals surface area contributed by atoms with Crippen molar-refractivity contribution in [2.45, 2.75) is 208 Å². The third-order valence-corrected chi connectivity index (χ3v) is 12.0. The van der Waals surface area contributed by atoms with Gasteiger partial charge >= 0.3 is 11.9 Å². The van der Waals surface area contributed by atoms with Gasteiger partial charge in [-0.25, -0.2) is 9.97 Å². The van der Waals surface area contributed by atoms with E-state index in [1.165, 1.54) is 103 Å². The van der Waals surface area contributed by atoms with Crippen LogP contribution in [0.2, 0.25) is 0 Å². The smallest absolute Gasteiger partial charge is 0.307 e. The van der Waals surface area contributed by atoms with Gasteiger partial charge in [0.15, 0.2) is 5.82 Å². The van der Waals surface area contributed by atoms with Crippen molar-refractivity contribution in [1.29, 1.82) is 0 Å². The first-order chi connectivity index (χ1) is 30.9. The van der Waals surface area contributed by atoms with Crippen molar-refractivity contribution in [1.82, 2.24) is 19.4 Å². The summed E-state index contributed by atoms with van der Waals surface area (Å²) in [6.45, 7) is 14.0. The van der Waals surface area contributed by atoms with E-state index in [-0.39, 0.29) is 11.9 Å². The van der Waals surface area contributed by atoms with Gasteiger partial charge in [0, 0.05) is 38.0 Å². The van der Waals surface area contributed by atoms with Gasteiger partial charge in [0.2, 0.25) is 0 Å². The lowest BCUT2D eigenvalue weighted by Crippen LogP contribution is -2.29. The van der Waals surface area contributed by atoms with Gasteiger partial charge in [-0.2, -0.15) is 0 Å². The molecule has 0 amide bonds. The molecule has 63 heavy (non-hydrogen) atoms. The molecule has 0 fully saturated rings. The number of carbonyl (C=O) groups is 2. The molecule has 0 unspecified atom stereocenters. The number of anilines is 1.